The number of carbonyl (C=O) groups excluding carboxylic acids is 1. The molecule has 0 radical (unpaired) electrons. The zero-order valence-corrected chi connectivity index (χ0v) is 24.2. The number of pyridine rings is 2. The molecule has 0 atom stereocenters. The SMILES string of the molecule is COC(=O)C1(COc2cc(C)c(-c3ccc(-c4nc(OC(C)C)n(COCC[SiH](C)C)n4)cn3)cn2)CC1. The van der Waals surface area contributed by atoms with Crippen LogP contribution in [0.2, 0.25) is 19.1 Å². The standard InChI is InChI=1S/C27H37N5O5Si/c1-18(2)37-26-30-24(31-32(26)17-35-11-12-38(5)6)20-7-8-22(28-14-20)21-15-29-23(13-19(21)3)36-16-27(9-10-27)25(33)34-4/h7-8,13-15,18,38H,9-12,16-17H2,1-6H3. The van der Waals surface area contributed by atoms with E-state index in [9.17, 15) is 4.79 Å². The molecule has 0 N–H and O–H groups in total. The number of aryl methyl sites for hydroxylation is 1. The van der Waals surface area contributed by atoms with Gasteiger partial charge in [-0.15, -0.1) is 5.10 Å². The first kappa shape index (κ1) is 27.7. The molecule has 3 aromatic rings. The van der Waals surface area contributed by atoms with Crippen molar-refractivity contribution >= 4 is 14.8 Å². The Labute approximate surface area is 225 Å². The average Bonchev–Trinajstić information content (AvgIpc) is 3.59. The van der Waals surface area contributed by atoms with E-state index in [1.54, 1.807) is 17.1 Å². The Balaban J connectivity index is 1.44. The van der Waals surface area contributed by atoms with E-state index >= 15 is 0 Å². The van der Waals surface area contributed by atoms with Crippen LogP contribution in [0.15, 0.2) is 30.6 Å². The molecule has 1 saturated carbocycles. The Morgan fingerprint density at radius 1 is 1.18 bits per heavy atom. The van der Waals surface area contributed by atoms with Gasteiger partial charge in [-0.3, -0.25) is 9.78 Å². The van der Waals surface area contributed by atoms with Gasteiger partial charge in [-0.25, -0.2) is 4.98 Å². The van der Waals surface area contributed by atoms with Gasteiger partial charge in [0.1, 0.15) is 18.8 Å². The van der Waals surface area contributed by atoms with E-state index in [2.05, 4.69) is 33.1 Å². The molecule has 3 aromatic heterocycles. The first-order chi connectivity index (χ1) is 18.2. The van der Waals surface area contributed by atoms with Crippen LogP contribution >= 0.6 is 0 Å². The monoisotopic (exact) mass is 539 g/mol. The zero-order valence-electron chi connectivity index (χ0n) is 23.1. The number of carbonyl (C=O) groups is 1. The first-order valence-electron chi connectivity index (χ1n) is 13.0. The second-order valence-electron chi connectivity index (χ2n) is 10.4. The lowest BCUT2D eigenvalue weighted by Gasteiger charge is -2.14. The largest absolute Gasteiger partial charge is 0.476 e. The number of nitrogens with zero attached hydrogens (tertiary/aromatic N) is 5. The molecule has 0 unspecified atom stereocenters. The number of rotatable bonds is 13. The molecule has 10 nitrogen and oxygen atoms in total. The second-order valence-corrected chi connectivity index (χ2v) is 13.8. The molecular weight excluding hydrogens is 502 g/mol. The van der Waals surface area contributed by atoms with Gasteiger partial charge >= 0.3 is 12.0 Å². The fourth-order valence-corrected chi connectivity index (χ4v) is 4.49. The van der Waals surface area contributed by atoms with Gasteiger partial charge in [0.15, 0.2) is 5.82 Å². The molecule has 0 amide bonds. The summed E-state index contributed by atoms with van der Waals surface area (Å²) in [7, 11) is 0.740. The molecule has 0 bridgehead atoms. The van der Waals surface area contributed by atoms with Crippen molar-refractivity contribution in [3.8, 4) is 34.5 Å². The number of hydrogen-bond donors (Lipinski definition) is 0. The van der Waals surface area contributed by atoms with Crippen molar-refractivity contribution in [3.63, 3.8) is 0 Å². The van der Waals surface area contributed by atoms with Gasteiger partial charge in [-0.1, -0.05) is 13.1 Å². The Hall–Kier alpha value is -3.31. The maximum atomic E-state index is 11.9. The summed E-state index contributed by atoms with van der Waals surface area (Å²) in [6.45, 7) is 11.8. The van der Waals surface area contributed by atoms with Gasteiger partial charge in [-0.2, -0.15) is 9.67 Å². The molecule has 3 heterocycles. The molecule has 0 aromatic carbocycles. The summed E-state index contributed by atoms with van der Waals surface area (Å²) in [5.74, 6) is 0.778. The summed E-state index contributed by atoms with van der Waals surface area (Å²) in [6, 6.07) is 7.26. The van der Waals surface area contributed by atoms with E-state index in [4.69, 9.17) is 18.9 Å². The smallest absolute Gasteiger partial charge is 0.317 e. The number of aromatic nitrogens is 5. The summed E-state index contributed by atoms with van der Waals surface area (Å²) >= 11 is 0. The van der Waals surface area contributed by atoms with Crippen molar-refractivity contribution in [3.05, 3.63) is 36.2 Å². The van der Waals surface area contributed by atoms with Crippen LogP contribution in [-0.2, 0) is 21.0 Å². The third kappa shape index (κ3) is 6.76. The van der Waals surface area contributed by atoms with Crippen molar-refractivity contribution < 1.29 is 23.7 Å². The molecule has 1 aliphatic rings. The topological polar surface area (TPSA) is 110 Å². The molecule has 0 spiro atoms. The summed E-state index contributed by atoms with van der Waals surface area (Å²) in [4.78, 5) is 25.6. The lowest BCUT2D eigenvalue weighted by molar-refractivity contribution is -0.148. The molecule has 204 valence electrons. The minimum Gasteiger partial charge on any atom is -0.476 e. The third-order valence-corrected chi connectivity index (χ3v) is 7.77. The van der Waals surface area contributed by atoms with Crippen LogP contribution in [0.1, 0.15) is 32.3 Å². The Kier molecular flexibility index (Phi) is 8.78. The lowest BCUT2D eigenvalue weighted by atomic mass is 10.1. The van der Waals surface area contributed by atoms with Gasteiger partial charge in [0, 0.05) is 45.0 Å². The molecule has 1 fully saturated rings. The predicted octanol–water partition coefficient (Wildman–Crippen LogP) is 4.29. The van der Waals surface area contributed by atoms with E-state index < -0.39 is 14.2 Å². The summed E-state index contributed by atoms with van der Waals surface area (Å²) in [6.07, 6.45) is 5.00. The fraction of sp³-hybridized carbons (Fsp3) is 0.519. The molecular formula is C27H37N5O5Si. The van der Waals surface area contributed by atoms with E-state index in [-0.39, 0.29) is 18.7 Å². The van der Waals surface area contributed by atoms with E-state index in [1.165, 1.54) is 7.11 Å². The van der Waals surface area contributed by atoms with Crippen LogP contribution in [0.5, 0.6) is 11.9 Å². The average molecular weight is 540 g/mol. The summed E-state index contributed by atoms with van der Waals surface area (Å²) < 4.78 is 24.0. The van der Waals surface area contributed by atoms with Crippen LogP contribution in [0, 0.1) is 12.3 Å². The van der Waals surface area contributed by atoms with E-state index in [0.717, 1.165) is 41.3 Å². The van der Waals surface area contributed by atoms with Gasteiger partial charge in [0.2, 0.25) is 5.88 Å². The lowest BCUT2D eigenvalue weighted by Crippen LogP contribution is -2.24. The number of ether oxygens (including phenoxy) is 4. The Bertz CT molecular complexity index is 1240. The van der Waals surface area contributed by atoms with Crippen LogP contribution in [0.3, 0.4) is 0 Å². The highest BCUT2D eigenvalue weighted by atomic mass is 28.3. The number of hydrogen-bond acceptors (Lipinski definition) is 9. The van der Waals surface area contributed by atoms with Crippen LogP contribution in [0.25, 0.3) is 22.6 Å². The Morgan fingerprint density at radius 3 is 2.58 bits per heavy atom. The van der Waals surface area contributed by atoms with Crippen LogP contribution in [0.4, 0.5) is 0 Å². The molecule has 4 rings (SSSR count). The van der Waals surface area contributed by atoms with Crippen molar-refractivity contribution in [2.45, 2.75) is 65.6 Å². The third-order valence-electron chi connectivity index (χ3n) is 6.38. The maximum Gasteiger partial charge on any atom is 0.317 e. The highest BCUT2D eigenvalue weighted by Crippen LogP contribution is 2.46. The van der Waals surface area contributed by atoms with Crippen molar-refractivity contribution in [1.29, 1.82) is 0 Å². The highest BCUT2D eigenvalue weighted by molar-refractivity contribution is 6.55. The van der Waals surface area contributed by atoms with E-state index in [1.807, 2.05) is 39.0 Å². The molecule has 38 heavy (non-hydrogen) atoms. The second kappa shape index (κ2) is 12.0. The summed E-state index contributed by atoms with van der Waals surface area (Å²) in [5.41, 5.74) is 2.89. The molecule has 0 aliphatic heterocycles. The highest BCUT2D eigenvalue weighted by Gasteiger charge is 2.52. The minimum atomic E-state index is -0.665. The fourth-order valence-electron chi connectivity index (χ4n) is 3.85. The first-order valence-corrected chi connectivity index (χ1v) is 16.2. The number of methoxy groups -OCH3 is 1. The Morgan fingerprint density at radius 2 is 1.97 bits per heavy atom. The van der Waals surface area contributed by atoms with Gasteiger partial charge in [0.25, 0.3) is 0 Å². The summed E-state index contributed by atoms with van der Waals surface area (Å²) in [5, 5.41) is 4.61. The van der Waals surface area contributed by atoms with Crippen LogP contribution < -0.4 is 9.47 Å². The van der Waals surface area contributed by atoms with E-state index in [0.29, 0.717) is 31.1 Å². The quantitative estimate of drug-likeness (QED) is 0.178. The van der Waals surface area contributed by atoms with Gasteiger partial charge in [0.05, 0.1) is 18.9 Å². The minimum absolute atomic E-state index is 0.0351. The van der Waals surface area contributed by atoms with Crippen molar-refractivity contribution in [1.82, 2.24) is 24.7 Å². The van der Waals surface area contributed by atoms with Gasteiger partial charge < -0.3 is 18.9 Å². The maximum absolute atomic E-state index is 11.9. The van der Waals surface area contributed by atoms with Crippen LogP contribution in [-0.4, -0.2) is 65.9 Å². The van der Waals surface area contributed by atoms with Crippen molar-refractivity contribution in [2.24, 2.45) is 5.41 Å². The zero-order chi connectivity index (χ0) is 27.3. The van der Waals surface area contributed by atoms with Gasteiger partial charge in [-0.05, 0) is 57.4 Å². The molecule has 1 aliphatic carbocycles. The number of esters is 1. The normalized spacial score (nSPS) is 14.1. The molecule has 11 heteroatoms. The molecule has 0 saturated heterocycles. The predicted molar refractivity (Wildman–Crippen MR) is 146 cm³/mol. The van der Waals surface area contributed by atoms with Crippen molar-refractivity contribution in [2.75, 3.05) is 20.3 Å².